The van der Waals surface area contributed by atoms with Gasteiger partial charge in [0.1, 0.15) is 0 Å². The third-order valence-corrected chi connectivity index (χ3v) is 4.52. The van der Waals surface area contributed by atoms with Crippen molar-refractivity contribution < 1.29 is 14.7 Å². The van der Waals surface area contributed by atoms with Crippen molar-refractivity contribution in [2.45, 2.75) is 13.0 Å². The molecule has 0 saturated carbocycles. The summed E-state index contributed by atoms with van der Waals surface area (Å²) in [5.41, 5.74) is 0. The summed E-state index contributed by atoms with van der Waals surface area (Å²) in [5.74, 6) is -0.544. The third-order valence-electron chi connectivity index (χ3n) is 3.30. The van der Waals surface area contributed by atoms with Crippen molar-refractivity contribution in [3.63, 3.8) is 0 Å². The van der Waals surface area contributed by atoms with E-state index >= 15 is 0 Å². The highest BCUT2D eigenvalue weighted by molar-refractivity contribution is 7.16. The summed E-state index contributed by atoms with van der Waals surface area (Å²) < 4.78 is 0.722. The number of hydrogen-bond acceptors (Lipinski definition) is 4. The van der Waals surface area contributed by atoms with E-state index in [1.165, 1.54) is 11.3 Å². The summed E-state index contributed by atoms with van der Waals surface area (Å²) in [7, 11) is 1.77. The number of thiophene rings is 1. The van der Waals surface area contributed by atoms with Gasteiger partial charge in [-0.25, -0.2) is 0 Å². The van der Waals surface area contributed by atoms with Crippen LogP contribution >= 0.6 is 22.9 Å². The largest absolute Gasteiger partial charge is 0.481 e. The lowest BCUT2D eigenvalue weighted by Gasteiger charge is -2.38. The molecule has 1 aliphatic heterocycles. The fourth-order valence-electron chi connectivity index (χ4n) is 2.25. The van der Waals surface area contributed by atoms with E-state index in [4.69, 9.17) is 16.7 Å². The van der Waals surface area contributed by atoms with Gasteiger partial charge in [0.05, 0.1) is 23.8 Å². The number of rotatable bonds is 6. The standard InChI is InChI=1S/C13H17ClN2O3S/c1-15(7-10-2-3-11(14)20-10)12(17)8-16-5-9(6-16)4-13(18)19/h2-3,9H,4-8H2,1H3,(H,18,19). The molecule has 20 heavy (non-hydrogen) atoms. The molecule has 2 heterocycles. The SMILES string of the molecule is CN(Cc1ccc(Cl)s1)C(=O)CN1CC(CC(=O)O)C1. The highest BCUT2D eigenvalue weighted by atomic mass is 35.5. The minimum Gasteiger partial charge on any atom is -0.481 e. The molecule has 1 fully saturated rings. The van der Waals surface area contributed by atoms with Gasteiger partial charge in [0, 0.05) is 25.0 Å². The number of aliphatic carboxylic acids is 1. The quantitative estimate of drug-likeness (QED) is 0.869. The number of hydrogen-bond donors (Lipinski definition) is 1. The predicted molar refractivity (Wildman–Crippen MR) is 78.0 cm³/mol. The minimum absolute atomic E-state index is 0.0447. The zero-order chi connectivity index (χ0) is 14.7. The number of carbonyl (C=O) groups is 2. The van der Waals surface area contributed by atoms with Crippen LogP contribution in [0.3, 0.4) is 0 Å². The Bertz CT molecular complexity index is 500. The first-order chi connectivity index (χ1) is 9.44. The zero-order valence-electron chi connectivity index (χ0n) is 11.2. The van der Waals surface area contributed by atoms with E-state index in [1.807, 2.05) is 17.0 Å². The minimum atomic E-state index is -0.771. The van der Waals surface area contributed by atoms with Crippen LogP contribution in [0.5, 0.6) is 0 Å². The van der Waals surface area contributed by atoms with Crippen molar-refractivity contribution in [2.75, 3.05) is 26.7 Å². The number of likely N-dealkylation sites (tertiary alicyclic amines) is 1. The van der Waals surface area contributed by atoms with E-state index < -0.39 is 5.97 Å². The smallest absolute Gasteiger partial charge is 0.303 e. The van der Waals surface area contributed by atoms with Crippen LogP contribution in [-0.4, -0.2) is 53.5 Å². The second-order valence-electron chi connectivity index (χ2n) is 5.11. The fourth-order valence-corrected chi connectivity index (χ4v) is 3.39. The van der Waals surface area contributed by atoms with Crippen LogP contribution in [0.4, 0.5) is 0 Å². The molecular weight excluding hydrogens is 300 g/mol. The molecule has 0 aromatic carbocycles. The van der Waals surface area contributed by atoms with Crippen LogP contribution in [0.25, 0.3) is 0 Å². The topological polar surface area (TPSA) is 60.9 Å². The number of carboxylic acids is 1. The van der Waals surface area contributed by atoms with E-state index in [0.29, 0.717) is 26.2 Å². The van der Waals surface area contributed by atoms with E-state index in [1.54, 1.807) is 11.9 Å². The molecule has 0 atom stereocenters. The van der Waals surface area contributed by atoms with Crippen molar-refractivity contribution >= 4 is 34.8 Å². The Morgan fingerprint density at radius 3 is 2.75 bits per heavy atom. The van der Waals surface area contributed by atoms with Gasteiger partial charge in [-0.3, -0.25) is 14.5 Å². The van der Waals surface area contributed by atoms with Gasteiger partial charge in [0.2, 0.25) is 5.91 Å². The molecule has 1 aliphatic rings. The molecule has 1 N–H and O–H groups in total. The van der Waals surface area contributed by atoms with Gasteiger partial charge < -0.3 is 10.0 Å². The second kappa shape index (κ2) is 6.56. The second-order valence-corrected chi connectivity index (χ2v) is 6.91. The monoisotopic (exact) mass is 316 g/mol. The first-order valence-corrected chi connectivity index (χ1v) is 7.56. The van der Waals surface area contributed by atoms with Gasteiger partial charge in [0.25, 0.3) is 0 Å². The van der Waals surface area contributed by atoms with Crippen molar-refractivity contribution in [3.8, 4) is 0 Å². The Hall–Kier alpha value is -1.11. The molecule has 1 saturated heterocycles. The molecule has 0 spiro atoms. The van der Waals surface area contributed by atoms with Crippen LogP contribution in [0, 0.1) is 5.92 Å². The van der Waals surface area contributed by atoms with Gasteiger partial charge >= 0.3 is 5.97 Å². The molecule has 0 unspecified atom stereocenters. The van der Waals surface area contributed by atoms with Crippen LogP contribution in [0.2, 0.25) is 4.34 Å². The summed E-state index contributed by atoms with van der Waals surface area (Å²) in [6.07, 6.45) is 0.189. The van der Waals surface area contributed by atoms with Crippen molar-refractivity contribution in [1.29, 1.82) is 0 Å². The number of carboxylic acid groups (broad SMARTS) is 1. The van der Waals surface area contributed by atoms with Crippen molar-refractivity contribution in [3.05, 3.63) is 21.3 Å². The number of likely N-dealkylation sites (N-methyl/N-ethyl adjacent to an activating group) is 1. The van der Waals surface area contributed by atoms with Gasteiger partial charge in [-0.2, -0.15) is 0 Å². The maximum absolute atomic E-state index is 12.0. The molecule has 7 heteroatoms. The number of amides is 1. The molecule has 0 bridgehead atoms. The molecule has 0 radical (unpaired) electrons. The predicted octanol–water partition coefficient (Wildman–Crippen LogP) is 1.77. The van der Waals surface area contributed by atoms with E-state index in [0.717, 1.165) is 9.21 Å². The lowest BCUT2D eigenvalue weighted by molar-refractivity contribution is -0.140. The third kappa shape index (κ3) is 4.19. The molecule has 1 aromatic rings. The first kappa shape index (κ1) is 15.3. The van der Waals surface area contributed by atoms with Crippen LogP contribution in [0.15, 0.2) is 12.1 Å². The molecular formula is C13H17ClN2O3S. The zero-order valence-corrected chi connectivity index (χ0v) is 12.8. The highest BCUT2D eigenvalue weighted by Crippen LogP contribution is 2.23. The van der Waals surface area contributed by atoms with Crippen LogP contribution in [-0.2, 0) is 16.1 Å². The normalized spacial score (nSPS) is 15.9. The fraction of sp³-hybridized carbons (Fsp3) is 0.538. The molecule has 110 valence electrons. The maximum atomic E-state index is 12.0. The van der Waals surface area contributed by atoms with Crippen molar-refractivity contribution in [1.82, 2.24) is 9.80 Å². The first-order valence-electron chi connectivity index (χ1n) is 6.36. The van der Waals surface area contributed by atoms with Gasteiger partial charge in [0.15, 0.2) is 0 Å². The number of halogens is 1. The van der Waals surface area contributed by atoms with Gasteiger partial charge in [-0.05, 0) is 18.1 Å². The van der Waals surface area contributed by atoms with Crippen molar-refractivity contribution in [2.24, 2.45) is 5.92 Å². The summed E-state index contributed by atoms with van der Waals surface area (Å²) in [6.45, 7) is 2.29. The number of nitrogens with zero attached hydrogens (tertiary/aromatic N) is 2. The Morgan fingerprint density at radius 1 is 1.50 bits per heavy atom. The Balaban J connectivity index is 1.71. The van der Waals surface area contributed by atoms with E-state index in [2.05, 4.69) is 0 Å². The lowest BCUT2D eigenvalue weighted by Crippen LogP contribution is -2.51. The molecule has 2 rings (SSSR count). The van der Waals surface area contributed by atoms with Gasteiger partial charge in [-0.1, -0.05) is 11.6 Å². The average molecular weight is 317 g/mol. The van der Waals surface area contributed by atoms with E-state index in [-0.39, 0.29) is 18.2 Å². The number of carbonyl (C=O) groups excluding carboxylic acids is 1. The Morgan fingerprint density at radius 2 is 2.20 bits per heavy atom. The van der Waals surface area contributed by atoms with Crippen LogP contribution in [0.1, 0.15) is 11.3 Å². The molecule has 1 amide bonds. The van der Waals surface area contributed by atoms with E-state index in [9.17, 15) is 9.59 Å². The molecule has 0 aliphatic carbocycles. The lowest BCUT2D eigenvalue weighted by atomic mass is 9.96. The molecule has 1 aromatic heterocycles. The Kier molecular flexibility index (Phi) is 5.01. The summed E-state index contributed by atoms with van der Waals surface area (Å²) >= 11 is 7.33. The maximum Gasteiger partial charge on any atom is 0.303 e. The summed E-state index contributed by atoms with van der Waals surface area (Å²) in [5, 5.41) is 8.67. The Labute approximate surface area is 126 Å². The summed E-state index contributed by atoms with van der Waals surface area (Å²) in [4.78, 5) is 27.3. The van der Waals surface area contributed by atoms with Gasteiger partial charge in [-0.15, -0.1) is 11.3 Å². The highest BCUT2D eigenvalue weighted by Gasteiger charge is 2.30. The molecule has 5 nitrogen and oxygen atoms in total. The average Bonchev–Trinajstić information content (AvgIpc) is 2.71. The summed E-state index contributed by atoms with van der Waals surface area (Å²) in [6, 6.07) is 3.75. The van der Waals surface area contributed by atoms with Crippen LogP contribution < -0.4 is 0 Å².